The second-order valence-corrected chi connectivity index (χ2v) is 16.1. The maximum Gasteiger partial charge on any atom is 0.416 e. The number of phenolic OH excluding ortho intramolecular Hbond substituents is 1. The van der Waals surface area contributed by atoms with Gasteiger partial charge in [-0.1, -0.05) is 18.2 Å². The molecule has 20 heteroatoms. The van der Waals surface area contributed by atoms with Crippen molar-refractivity contribution in [2.45, 2.75) is 19.0 Å². The minimum absolute atomic E-state index is 0.0177. The molecule has 0 aromatic heterocycles. The topological polar surface area (TPSA) is 154 Å². The second kappa shape index (κ2) is 17.5. The monoisotopic (exact) mass is 934 g/mol. The molecule has 65 heavy (non-hydrogen) atoms. The number of alkyl halides is 6. The number of anilines is 1. The first kappa shape index (κ1) is 44.5. The zero-order valence-corrected chi connectivity index (χ0v) is 35.2. The third kappa shape index (κ3) is 9.44. The van der Waals surface area contributed by atoms with E-state index in [-0.39, 0.29) is 50.6 Å². The number of benzene rings is 5. The molecule has 1 amide bonds. The lowest BCUT2D eigenvalue weighted by Gasteiger charge is -2.36. The van der Waals surface area contributed by atoms with Crippen LogP contribution in [-0.2, 0) is 23.8 Å². The number of carbonyl (C=O) groups is 2. The number of aliphatic imine (C=N–C) groups is 1. The van der Waals surface area contributed by atoms with Crippen molar-refractivity contribution in [1.29, 1.82) is 0 Å². The number of nitrogens with zero attached hydrogens (tertiary/aromatic N) is 3. The molecule has 3 N–H and O–H groups in total. The summed E-state index contributed by atoms with van der Waals surface area (Å²) < 4.78 is 97.2. The van der Waals surface area contributed by atoms with Crippen molar-refractivity contribution >= 4 is 68.9 Å². The molecule has 1 saturated heterocycles. The van der Waals surface area contributed by atoms with Gasteiger partial charge in [0.15, 0.2) is 27.2 Å². The van der Waals surface area contributed by atoms with Gasteiger partial charge in [0.05, 0.1) is 28.7 Å². The van der Waals surface area contributed by atoms with Gasteiger partial charge in [-0.15, -0.1) is 0 Å². The number of piperazine rings is 1. The highest BCUT2D eigenvalue weighted by Crippen LogP contribution is 2.43. The van der Waals surface area contributed by atoms with E-state index in [2.05, 4.69) is 10.3 Å². The van der Waals surface area contributed by atoms with Crippen molar-refractivity contribution in [3.63, 3.8) is 0 Å². The number of methoxy groups -OCH3 is 1. The third-order valence-electron chi connectivity index (χ3n) is 10.5. The van der Waals surface area contributed by atoms with Gasteiger partial charge < -0.3 is 39.2 Å². The second-order valence-electron chi connectivity index (χ2n) is 14.7. The van der Waals surface area contributed by atoms with Gasteiger partial charge in [0.25, 0.3) is 5.91 Å². The lowest BCUT2D eigenvalue weighted by atomic mass is 9.90. The lowest BCUT2D eigenvalue weighted by molar-refractivity contribution is -0.143. The number of phenols is 1. The molecule has 1 fully saturated rings. The first-order valence-corrected chi connectivity index (χ1v) is 20.6. The molecule has 0 bridgehead atoms. The largest absolute Gasteiger partial charge is 0.508 e. The molecular weight excluding hydrogens is 903 g/mol. The number of aromatic hydroxyl groups is 1. The molecule has 0 unspecified atom stereocenters. The highest BCUT2D eigenvalue weighted by Gasteiger charge is 2.38. The number of ether oxygens (including phenoxy) is 2. The number of fused-ring (bicyclic) bond motifs is 2. The standard InChI is InChI=1S/C45H32F6N4O8S2/c1-61-37-16-23(2-11-34(37)62-22-24-3-4-25(44(46,47)48)18-33(24)45(49,50)51)17-38-40(58)53-43(65-38)55-14-12-54(13-15-55)42(64)52-26-5-8-29(32(19-26)41(59)60)39-30-9-6-27(56)20-35(30)63-36-21-28(57)7-10-31(36)39/h2-11,16-21,56H,12-15,22H2,1H3,(H,52,64)(H,59,60)/b38-17+. The summed E-state index contributed by atoms with van der Waals surface area (Å²) >= 11 is 6.86. The van der Waals surface area contributed by atoms with Gasteiger partial charge in [-0.3, -0.25) is 9.59 Å². The van der Waals surface area contributed by atoms with Gasteiger partial charge in [0.1, 0.15) is 23.7 Å². The van der Waals surface area contributed by atoms with Gasteiger partial charge in [-0.05, 0) is 102 Å². The Morgan fingerprint density at radius 2 is 1.65 bits per heavy atom. The fourth-order valence-electron chi connectivity index (χ4n) is 7.35. The molecule has 8 rings (SSSR count). The number of hydrogen-bond donors (Lipinski definition) is 3. The normalized spacial score (nSPS) is 15.2. The van der Waals surface area contributed by atoms with Crippen LogP contribution in [0.15, 0.2) is 110 Å². The van der Waals surface area contributed by atoms with Crippen molar-refractivity contribution < 1.29 is 60.0 Å². The molecule has 3 aliphatic heterocycles. The van der Waals surface area contributed by atoms with Gasteiger partial charge in [0.2, 0.25) is 0 Å². The molecule has 4 aromatic rings. The molecule has 4 aromatic carbocycles. The number of thioether (sulfide) groups is 1. The summed E-state index contributed by atoms with van der Waals surface area (Å²) in [6, 6.07) is 19.2. The maximum absolute atomic E-state index is 13.7. The van der Waals surface area contributed by atoms with Crippen LogP contribution in [0.25, 0.3) is 39.5 Å². The highest BCUT2D eigenvalue weighted by molar-refractivity contribution is 8.18. The first-order valence-electron chi connectivity index (χ1n) is 19.3. The molecular formula is C45H32F6N4O8S2. The van der Waals surface area contributed by atoms with E-state index in [0.29, 0.717) is 75.9 Å². The van der Waals surface area contributed by atoms with Gasteiger partial charge in [-0.2, -0.15) is 31.3 Å². The molecule has 0 spiro atoms. The minimum atomic E-state index is -5.07. The summed E-state index contributed by atoms with van der Waals surface area (Å²) in [5.74, 6) is -1.44. The summed E-state index contributed by atoms with van der Waals surface area (Å²) in [6.07, 6.45) is -8.47. The zero-order valence-electron chi connectivity index (χ0n) is 33.5. The Morgan fingerprint density at radius 3 is 2.35 bits per heavy atom. The SMILES string of the molecule is COc1cc(/C=C2/SC(N3CCN(C(=S)Nc4ccc(-c5c6ccc(=O)cc-6oc6cc(O)ccc56)c(C(=O)O)c4)CC3)=NC2=O)ccc1OCc1ccc(C(F)(F)F)cc1C(F)(F)F. The van der Waals surface area contributed by atoms with E-state index in [0.717, 1.165) is 17.8 Å². The Hall–Kier alpha value is -7.06. The summed E-state index contributed by atoms with van der Waals surface area (Å²) in [6.45, 7) is 1.02. The molecule has 0 saturated carbocycles. The van der Waals surface area contributed by atoms with Crippen molar-refractivity contribution in [2.75, 3.05) is 38.6 Å². The molecule has 4 aliphatic rings. The Kier molecular flexibility index (Phi) is 12.0. The van der Waals surface area contributed by atoms with Crippen molar-refractivity contribution in [1.82, 2.24) is 9.80 Å². The first-order chi connectivity index (χ1) is 30.9. The molecule has 0 atom stereocenters. The molecule has 334 valence electrons. The Morgan fingerprint density at radius 1 is 0.892 bits per heavy atom. The number of carboxylic acid groups (broad SMARTS) is 1. The van der Waals surface area contributed by atoms with Crippen LogP contribution in [0.4, 0.5) is 32.0 Å². The average molecular weight is 935 g/mol. The fourth-order valence-corrected chi connectivity index (χ4v) is 8.61. The van der Waals surface area contributed by atoms with Gasteiger partial charge in [0, 0.05) is 66.1 Å². The fraction of sp³-hybridized carbons (Fsp3) is 0.178. The molecule has 3 heterocycles. The summed E-state index contributed by atoms with van der Waals surface area (Å²) in [4.78, 5) is 46.2. The van der Waals surface area contributed by atoms with Gasteiger partial charge in [-0.25, -0.2) is 4.79 Å². The number of nitrogens with one attached hydrogen (secondary N) is 1. The number of amides is 1. The van der Waals surface area contributed by atoms with E-state index in [1.54, 1.807) is 30.3 Å². The third-order valence-corrected chi connectivity index (χ3v) is 11.9. The average Bonchev–Trinajstić information content (AvgIpc) is 3.63. The van der Waals surface area contributed by atoms with E-state index < -0.39 is 47.5 Å². The predicted octanol–water partition coefficient (Wildman–Crippen LogP) is 9.58. The number of amidine groups is 1. The number of thiocarbonyl (C=S) groups is 1. The summed E-state index contributed by atoms with van der Waals surface area (Å²) in [5, 5.41) is 24.9. The number of rotatable bonds is 8. The molecule has 12 nitrogen and oxygen atoms in total. The van der Waals surface area contributed by atoms with E-state index in [1.165, 1.54) is 55.6 Å². The van der Waals surface area contributed by atoms with E-state index in [9.17, 15) is 50.9 Å². The molecule has 0 radical (unpaired) electrons. The summed E-state index contributed by atoms with van der Waals surface area (Å²) in [7, 11) is 1.30. The van der Waals surface area contributed by atoms with Crippen LogP contribution < -0.4 is 20.2 Å². The van der Waals surface area contributed by atoms with Crippen LogP contribution in [0.5, 0.6) is 17.2 Å². The predicted molar refractivity (Wildman–Crippen MR) is 234 cm³/mol. The zero-order chi connectivity index (χ0) is 46.4. The number of carbonyl (C=O) groups excluding carboxylic acids is 1. The van der Waals surface area contributed by atoms with Crippen LogP contribution >= 0.6 is 24.0 Å². The van der Waals surface area contributed by atoms with E-state index in [1.807, 2.05) is 9.80 Å². The van der Waals surface area contributed by atoms with Crippen molar-refractivity contribution in [3.8, 4) is 39.7 Å². The van der Waals surface area contributed by atoms with E-state index >= 15 is 0 Å². The van der Waals surface area contributed by atoms with Crippen LogP contribution in [0.2, 0.25) is 0 Å². The quantitative estimate of drug-likeness (QED) is 0.0575. The highest BCUT2D eigenvalue weighted by atomic mass is 32.2. The minimum Gasteiger partial charge on any atom is -0.508 e. The Balaban J connectivity index is 0.907. The van der Waals surface area contributed by atoms with Crippen LogP contribution in [0.1, 0.15) is 32.6 Å². The van der Waals surface area contributed by atoms with Crippen molar-refractivity contribution in [3.05, 3.63) is 134 Å². The van der Waals surface area contributed by atoms with Gasteiger partial charge >= 0.3 is 18.3 Å². The number of carboxylic acids is 1. The smallest absolute Gasteiger partial charge is 0.416 e. The Bertz CT molecular complexity index is 3000. The maximum atomic E-state index is 13.7. The summed E-state index contributed by atoms with van der Waals surface area (Å²) in [5.41, 5.74) is -1.28. The number of aromatic carboxylic acids is 1. The number of hydrogen-bond acceptors (Lipinski definition) is 10. The van der Waals surface area contributed by atoms with Crippen molar-refractivity contribution in [2.24, 2.45) is 4.99 Å². The van der Waals surface area contributed by atoms with E-state index in [4.69, 9.17) is 26.1 Å². The van der Waals surface area contributed by atoms with Crippen LogP contribution in [-0.4, -0.2) is 75.5 Å². The molecule has 1 aliphatic carbocycles. The Labute approximate surface area is 373 Å². The van der Waals surface area contributed by atoms with Crippen LogP contribution in [0.3, 0.4) is 0 Å². The number of halogens is 6. The van der Waals surface area contributed by atoms with Crippen LogP contribution in [0, 0.1) is 0 Å². The lowest BCUT2D eigenvalue weighted by Crippen LogP contribution is -2.50.